The van der Waals surface area contributed by atoms with Crippen LogP contribution in [0.4, 0.5) is 0 Å². The van der Waals surface area contributed by atoms with Crippen molar-refractivity contribution in [2.45, 2.75) is 26.2 Å². The molecule has 0 bridgehead atoms. The molecule has 6 heteroatoms. The molecular formula is C9H16N2O4. The fourth-order valence-corrected chi connectivity index (χ4v) is 0.946. The van der Waals surface area contributed by atoms with Gasteiger partial charge in [0.1, 0.15) is 6.61 Å². The third kappa shape index (κ3) is 10.3. The Morgan fingerprint density at radius 3 is 2.93 bits per heavy atom. The molecule has 0 saturated carbocycles. The summed E-state index contributed by atoms with van der Waals surface area (Å²) in [6.07, 6.45) is 6.01. The quantitative estimate of drug-likeness (QED) is 0.284. The van der Waals surface area contributed by atoms with Crippen LogP contribution in [0.3, 0.4) is 0 Å². The maximum absolute atomic E-state index is 11.1. The standard InChI is InChI=1S/C9H16N2O4/c1-2-3-4-5-6-9(12)10-7-8-15-11(13)14/h2-3H,4-8H2,1H3,(H,10,12)/b3-2-. The highest BCUT2D eigenvalue weighted by Crippen LogP contribution is 1.96. The molecule has 0 fully saturated rings. The number of hydrogen-bond donors (Lipinski definition) is 1. The molecule has 0 aliphatic carbocycles. The lowest BCUT2D eigenvalue weighted by atomic mass is 10.2. The van der Waals surface area contributed by atoms with E-state index in [1.807, 2.05) is 19.1 Å². The van der Waals surface area contributed by atoms with Gasteiger partial charge < -0.3 is 10.2 Å². The number of carbonyl (C=O) groups excluding carboxylic acids is 1. The molecule has 0 aromatic heterocycles. The first-order valence-corrected chi connectivity index (χ1v) is 4.82. The van der Waals surface area contributed by atoms with E-state index in [0.717, 1.165) is 12.8 Å². The van der Waals surface area contributed by atoms with Crippen LogP contribution >= 0.6 is 0 Å². The zero-order valence-corrected chi connectivity index (χ0v) is 8.77. The predicted molar refractivity (Wildman–Crippen MR) is 54.6 cm³/mol. The second-order valence-electron chi connectivity index (χ2n) is 2.87. The number of amides is 1. The van der Waals surface area contributed by atoms with Gasteiger partial charge in [-0.1, -0.05) is 12.2 Å². The summed E-state index contributed by atoms with van der Waals surface area (Å²) in [5.41, 5.74) is 0. The second kappa shape index (κ2) is 8.98. The third-order valence-electron chi connectivity index (χ3n) is 1.63. The van der Waals surface area contributed by atoms with Crippen molar-refractivity contribution in [3.05, 3.63) is 22.3 Å². The van der Waals surface area contributed by atoms with E-state index in [1.165, 1.54) is 0 Å². The molecule has 0 spiro atoms. The van der Waals surface area contributed by atoms with E-state index in [-0.39, 0.29) is 19.1 Å². The third-order valence-corrected chi connectivity index (χ3v) is 1.63. The Hall–Kier alpha value is -1.59. The average Bonchev–Trinajstić information content (AvgIpc) is 2.19. The first kappa shape index (κ1) is 13.4. The number of hydrogen-bond acceptors (Lipinski definition) is 4. The number of nitrogens with one attached hydrogen (secondary N) is 1. The SMILES string of the molecule is C/C=C\CCCC(=O)NCCO[N+](=O)[O-]. The second-order valence-corrected chi connectivity index (χ2v) is 2.87. The van der Waals surface area contributed by atoms with Crippen molar-refractivity contribution in [1.82, 2.24) is 5.32 Å². The topological polar surface area (TPSA) is 81.5 Å². The van der Waals surface area contributed by atoms with Gasteiger partial charge in [-0.2, -0.15) is 0 Å². The number of carbonyl (C=O) groups is 1. The molecule has 0 aliphatic heterocycles. The van der Waals surface area contributed by atoms with Crippen LogP contribution in [-0.4, -0.2) is 24.1 Å². The van der Waals surface area contributed by atoms with Gasteiger partial charge in [-0.15, -0.1) is 10.1 Å². The fraction of sp³-hybridized carbons (Fsp3) is 0.667. The molecular weight excluding hydrogens is 200 g/mol. The van der Waals surface area contributed by atoms with Crippen molar-refractivity contribution in [2.24, 2.45) is 0 Å². The molecule has 15 heavy (non-hydrogen) atoms. The van der Waals surface area contributed by atoms with Gasteiger partial charge in [0.25, 0.3) is 5.09 Å². The highest BCUT2D eigenvalue weighted by Gasteiger charge is 2.00. The van der Waals surface area contributed by atoms with Gasteiger partial charge in [0.05, 0.1) is 0 Å². The minimum Gasteiger partial charge on any atom is -0.354 e. The van der Waals surface area contributed by atoms with Crippen LogP contribution in [0.25, 0.3) is 0 Å². The summed E-state index contributed by atoms with van der Waals surface area (Å²) >= 11 is 0. The van der Waals surface area contributed by atoms with Crippen LogP contribution in [0.1, 0.15) is 26.2 Å². The molecule has 0 unspecified atom stereocenters. The zero-order valence-electron chi connectivity index (χ0n) is 8.77. The molecule has 1 N–H and O–H groups in total. The normalized spacial score (nSPS) is 10.2. The van der Waals surface area contributed by atoms with Crippen LogP contribution in [-0.2, 0) is 9.63 Å². The van der Waals surface area contributed by atoms with Crippen molar-refractivity contribution in [3.63, 3.8) is 0 Å². The van der Waals surface area contributed by atoms with E-state index in [2.05, 4.69) is 10.2 Å². The smallest absolute Gasteiger partial charge is 0.294 e. The minimum absolute atomic E-state index is 0.104. The van der Waals surface area contributed by atoms with Crippen molar-refractivity contribution < 1.29 is 14.7 Å². The summed E-state index contributed by atoms with van der Waals surface area (Å²) in [5.74, 6) is -0.105. The van der Waals surface area contributed by atoms with Crippen molar-refractivity contribution in [1.29, 1.82) is 0 Å². The van der Waals surface area contributed by atoms with Crippen LogP contribution in [0.5, 0.6) is 0 Å². The van der Waals surface area contributed by atoms with E-state index in [9.17, 15) is 14.9 Å². The predicted octanol–water partition coefficient (Wildman–Crippen LogP) is 1.06. The van der Waals surface area contributed by atoms with Gasteiger partial charge in [-0.25, -0.2) is 0 Å². The van der Waals surface area contributed by atoms with E-state index < -0.39 is 5.09 Å². The number of allylic oxidation sites excluding steroid dienone is 2. The molecule has 0 aromatic rings. The lowest BCUT2D eigenvalue weighted by Gasteiger charge is -2.02. The Morgan fingerprint density at radius 2 is 2.33 bits per heavy atom. The zero-order chi connectivity index (χ0) is 11.5. The molecule has 0 aliphatic rings. The molecule has 86 valence electrons. The summed E-state index contributed by atoms with van der Waals surface area (Å²) in [6.45, 7) is 1.99. The summed E-state index contributed by atoms with van der Waals surface area (Å²) in [7, 11) is 0. The molecule has 6 nitrogen and oxygen atoms in total. The Morgan fingerprint density at radius 1 is 1.60 bits per heavy atom. The van der Waals surface area contributed by atoms with Crippen LogP contribution < -0.4 is 5.32 Å². The lowest BCUT2D eigenvalue weighted by molar-refractivity contribution is -0.757. The maximum atomic E-state index is 11.1. The molecule has 0 atom stereocenters. The van der Waals surface area contributed by atoms with Crippen molar-refractivity contribution >= 4 is 5.91 Å². The van der Waals surface area contributed by atoms with Crippen molar-refractivity contribution in [3.8, 4) is 0 Å². The largest absolute Gasteiger partial charge is 0.354 e. The average molecular weight is 216 g/mol. The fourth-order valence-electron chi connectivity index (χ4n) is 0.946. The van der Waals surface area contributed by atoms with E-state index >= 15 is 0 Å². The summed E-state index contributed by atoms with van der Waals surface area (Å²) in [4.78, 5) is 24.9. The highest BCUT2D eigenvalue weighted by molar-refractivity contribution is 5.75. The molecule has 0 rings (SSSR count). The van der Waals surface area contributed by atoms with Gasteiger partial charge in [0.2, 0.25) is 5.91 Å². The van der Waals surface area contributed by atoms with E-state index in [1.54, 1.807) is 0 Å². The first-order valence-electron chi connectivity index (χ1n) is 4.82. The molecule has 0 aromatic carbocycles. The summed E-state index contributed by atoms with van der Waals surface area (Å²) in [5, 5.41) is 11.4. The number of unbranched alkanes of at least 4 members (excludes halogenated alkanes) is 1. The van der Waals surface area contributed by atoms with Crippen LogP contribution in [0, 0.1) is 10.1 Å². The summed E-state index contributed by atoms with van der Waals surface area (Å²) < 4.78 is 0. The molecule has 1 amide bonds. The first-order chi connectivity index (χ1) is 7.16. The van der Waals surface area contributed by atoms with Gasteiger partial charge in [-0.3, -0.25) is 4.79 Å². The van der Waals surface area contributed by atoms with Crippen molar-refractivity contribution in [2.75, 3.05) is 13.2 Å². The van der Waals surface area contributed by atoms with Crippen LogP contribution in [0.2, 0.25) is 0 Å². The minimum atomic E-state index is -0.877. The van der Waals surface area contributed by atoms with Gasteiger partial charge in [0, 0.05) is 13.0 Å². The molecule has 0 heterocycles. The summed E-state index contributed by atoms with van der Waals surface area (Å²) in [6, 6.07) is 0. The van der Waals surface area contributed by atoms with Gasteiger partial charge >= 0.3 is 0 Å². The number of rotatable bonds is 8. The monoisotopic (exact) mass is 216 g/mol. The molecule has 0 radical (unpaired) electrons. The van der Waals surface area contributed by atoms with E-state index in [4.69, 9.17) is 0 Å². The van der Waals surface area contributed by atoms with Gasteiger partial charge in [-0.05, 0) is 19.8 Å². The van der Waals surface area contributed by atoms with E-state index in [0.29, 0.717) is 6.42 Å². The Balaban J connectivity index is 3.29. The molecule has 0 saturated heterocycles. The van der Waals surface area contributed by atoms with Crippen LogP contribution in [0.15, 0.2) is 12.2 Å². The number of nitrogens with zero attached hydrogens (tertiary/aromatic N) is 1. The Labute approximate surface area is 88.4 Å². The highest BCUT2D eigenvalue weighted by atomic mass is 16.9. The van der Waals surface area contributed by atoms with Gasteiger partial charge in [0.15, 0.2) is 0 Å². The Bertz CT molecular complexity index is 228. The lowest BCUT2D eigenvalue weighted by Crippen LogP contribution is -2.27. The maximum Gasteiger partial charge on any atom is 0.294 e. The Kier molecular flexibility index (Phi) is 8.03.